The van der Waals surface area contributed by atoms with Crippen molar-refractivity contribution in [1.29, 1.82) is 0 Å². The molecular formula is C16H17N3O4. The average Bonchev–Trinajstić information content (AvgIpc) is 3.08. The number of imide groups is 1. The van der Waals surface area contributed by atoms with Gasteiger partial charge in [0.1, 0.15) is 11.2 Å². The molecule has 1 N–H and O–H groups in total. The zero-order valence-corrected chi connectivity index (χ0v) is 12.9. The van der Waals surface area contributed by atoms with Crippen molar-refractivity contribution in [2.75, 3.05) is 13.7 Å². The van der Waals surface area contributed by atoms with Gasteiger partial charge in [-0.3, -0.25) is 9.69 Å². The number of urea groups is 1. The van der Waals surface area contributed by atoms with Gasteiger partial charge < -0.3 is 14.6 Å². The maximum atomic E-state index is 12.4. The summed E-state index contributed by atoms with van der Waals surface area (Å²) in [6.45, 7) is 1.77. The van der Waals surface area contributed by atoms with Crippen LogP contribution < -0.4 is 5.32 Å². The number of amides is 3. The monoisotopic (exact) mass is 315 g/mol. The van der Waals surface area contributed by atoms with E-state index in [1.165, 1.54) is 7.11 Å². The van der Waals surface area contributed by atoms with Gasteiger partial charge in [-0.15, -0.1) is 0 Å². The van der Waals surface area contributed by atoms with E-state index in [1.54, 1.807) is 13.0 Å². The third kappa shape index (κ3) is 2.83. The molecule has 0 unspecified atom stereocenters. The lowest BCUT2D eigenvalue weighted by atomic mass is 10.0. The van der Waals surface area contributed by atoms with Crippen molar-refractivity contribution in [3.8, 4) is 11.3 Å². The summed E-state index contributed by atoms with van der Waals surface area (Å²) in [4.78, 5) is 25.5. The smallest absolute Gasteiger partial charge is 0.325 e. The van der Waals surface area contributed by atoms with Gasteiger partial charge in [0.2, 0.25) is 0 Å². The van der Waals surface area contributed by atoms with Crippen molar-refractivity contribution in [3.63, 3.8) is 0 Å². The molecule has 1 atom stereocenters. The number of hydrogen-bond acceptors (Lipinski definition) is 5. The molecule has 120 valence electrons. The standard InChI is InChI=1S/C16H17N3O4/c1-16(10-22-2)14(20)19(15(21)17-16)9-12-8-13(18-23-12)11-6-4-3-5-7-11/h3-8H,9-10H2,1-2H3,(H,17,21)/t16-/m1/s1. The Labute approximate surface area is 133 Å². The number of carbonyl (C=O) groups is 2. The van der Waals surface area contributed by atoms with Crippen LogP contribution in [0.15, 0.2) is 40.9 Å². The summed E-state index contributed by atoms with van der Waals surface area (Å²) in [6.07, 6.45) is 0. The van der Waals surface area contributed by atoms with E-state index in [1.807, 2.05) is 30.3 Å². The number of rotatable bonds is 5. The third-order valence-corrected chi connectivity index (χ3v) is 3.72. The molecule has 0 bridgehead atoms. The second-order valence-corrected chi connectivity index (χ2v) is 5.63. The van der Waals surface area contributed by atoms with E-state index in [4.69, 9.17) is 9.26 Å². The van der Waals surface area contributed by atoms with Gasteiger partial charge in [-0.2, -0.15) is 0 Å². The van der Waals surface area contributed by atoms with E-state index >= 15 is 0 Å². The highest BCUT2D eigenvalue weighted by atomic mass is 16.5. The van der Waals surface area contributed by atoms with Gasteiger partial charge in [-0.05, 0) is 6.92 Å². The Morgan fingerprint density at radius 2 is 2.04 bits per heavy atom. The molecule has 2 aromatic rings. The van der Waals surface area contributed by atoms with Gasteiger partial charge in [0.15, 0.2) is 5.76 Å². The van der Waals surface area contributed by atoms with Crippen molar-refractivity contribution in [2.24, 2.45) is 0 Å². The van der Waals surface area contributed by atoms with E-state index in [9.17, 15) is 9.59 Å². The van der Waals surface area contributed by atoms with Crippen LogP contribution in [0, 0.1) is 0 Å². The summed E-state index contributed by atoms with van der Waals surface area (Å²) in [5.41, 5.74) is 0.518. The lowest BCUT2D eigenvalue weighted by Gasteiger charge is -2.19. The minimum absolute atomic E-state index is 0.0316. The fourth-order valence-electron chi connectivity index (χ4n) is 2.57. The maximum Gasteiger partial charge on any atom is 0.325 e. The van der Waals surface area contributed by atoms with E-state index < -0.39 is 11.6 Å². The molecule has 0 aliphatic carbocycles. The Balaban J connectivity index is 1.77. The second kappa shape index (κ2) is 5.85. The summed E-state index contributed by atoms with van der Waals surface area (Å²) >= 11 is 0. The Hall–Kier alpha value is -2.67. The first-order valence-corrected chi connectivity index (χ1v) is 7.17. The van der Waals surface area contributed by atoms with Gasteiger partial charge in [-0.1, -0.05) is 35.5 Å². The predicted molar refractivity (Wildman–Crippen MR) is 81.3 cm³/mol. The molecule has 0 saturated carbocycles. The number of benzene rings is 1. The summed E-state index contributed by atoms with van der Waals surface area (Å²) in [5, 5.41) is 6.62. The van der Waals surface area contributed by atoms with Gasteiger partial charge in [0.25, 0.3) is 5.91 Å². The largest absolute Gasteiger partial charge is 0.382 e. The fraction of sp³-hybridized carbons (Fsp3) is 0.312. The Kier molecular flexibility index (Phi) is 3.87. The van der Waals surface area contributed by atoms with Gasteiger partial charge in [0.05, 0.1) is 13.2 Å². The van der Waals surface area contributed by atoms with Gasteiger partial charge in [-0.25, -0.2) is 4.79 Å². The van der Waals surface area contributed by atoms with Crippen LogP contribution in [0.2, 0.25) is 0 Å². The molecule has 7 heteroatoms. The van der Waals surface area contributed by atoms with Crippen molar-refractivity contribution in [2.45, 2.75) is 19.0 Å². The molecule has 2 heterocycles. The van der Waals surface area contributed by atoms with Crippen LogP contribution in [-0.4, -0.2) is 41.3 Å². The van der Waals surface area contributed by atoms with Crippen molar-refractivity contribution >= 4 is 11.9 Å². The third-order valence-electron chi connectivity index (χ3n) is 3.72. The minimum Gasteiger partial charge on any atom is -0.382 e. The number of nitrogens with one attached hydrogen (secondary N) is 1. The highest BCUT2D eigenvalue weighted by molar-refractivity contribution is 6.06. The lowest BCUT2D eigenvalue weighted by Crippen LogP contribution is -2.47. The molecule has 1 aliphatic heterocycles. The topological polar surface area (TPSA) is 84.7 Å². The minimum atomic E-state index is -1.05. The van der Waals surface area contributed by atoms with Crippen LogP contribution in [0.4, 0.5) is 4.79 Å². The first-order valence-electron chi connectivity index (χ1n) is 7.17. The number of carbonyl (C=O) groups excluding carboxylic acids is 2. The van der Waals surface area contributed by atoms with Crippen LogP contribution in [0.5, 0.6) is 0 Å². The van der Waals surface area contributed by atoms with Crippen LogP contribution in [-0.2, 0) is 16.1 Å². The van der Waals surface area contributed by atoms with Crippen molar-refractivity contribution < 1.29 is 18.8 Å². The number of aromatic nitrogens is 1. The number of nitrogens with zero attached hydrogens (tertiary/aromatic N) is 2. The molecule has 1 aliphatic rings. The van der Waals surface area contributed by atoms with E-state index in [0.717, 1.165) is 10.5 Å². The summed E-state index contributed by atoms with van der Waals surface area (Å²) < 4.78 is 10.3. The normalized spacial score (nSPS) is 20.9. The van der Waals surface area contributed by atoms with E-state index in [-0.39, 0.29) is 19.1 Å². The lowest BCUT2D eigenvalue weighted by molar-refractivity contribution is -0.133. The van der Waals surface area contributed by atoms with Crippen LogP contribution >= 0.6 is 0 Å². The number of methoxy groups -OCH3 is 1. The SMILES string of the molecule is COC[C@@]1(C)NC(=O)N(Cc2cc(-c3ccccc3)no2)C1=O. The van der Waals surface area contributed by atoms with Crippen LogP contribution in [0.25, 0.3) is 11.3 Å². The van der Waals surface area contributed by atoms with Crippen LogP contribution in [0.1, 0.15) is 12.7 Å². The van der Waals surface area contributed by atoms with Crippen molar-refractivity contribution in [1.82, 2.24) is 15.4 Å². The van der Waals surface area contributed by atoms with Gasteiger partial charge in [0, 0.05) is 18.7 Å². The fourth-order valence-corrected chi connectivity index (χ4v) is 2.57. The molecule has 1 saturated heterocycles. The predicted octanol–water partition coefficient (Wildman–Crippen LogP) is 1.80. The van der Waals surface area contributed by atoms with Gasteiger partial charge >= 0.3 is 6.03 Å². The summed E-state index contributed by atoms with van der Waals surface area (Å²) in [6, 6.07) is 10.8. The Bertz CT molecular complexity index is 728. The molecular weight excluding hydrogens is 298 g/mol. The maximum absolute atomic E-state index is 12.4. The molecule has 0 radical (unpaired) electrons. The molecule has 1 fully saturated rings. The van der Waals surface area contributed by atoms with Crippen molar-refractivity contribution in [3.05, 3.63) is 42.2 Å². The average molecular weight is 315 g/mol. The molecule has 1 aromatic heterocycles. The van der Waals surface area contributed by atoms with Crippen LogP contribution in [0.3, 0.4) is 0 Å². The summed E-state index contributed by atoms with van der Waals surface area (Å²) in [5.74, 6) is 0.0935. The Morgan fingerprint density at radius 1 is 1.30 bits per heavy atom. The quantitative estimate of drug-likeness (QED) is 0.850. The molecule has 1 aromatic carbocycles. The molecule has 3 amide bonds. The zero-order valence-electron chi connectivity index (χ0n) is 12.9. The summed E-state index contributed by atoms with van der Waals surface area (Å²) in [7, 11) is 1.48. The first kappa shape index (κ1) is 15.2. The highest BCUT2D eigenvalue weighted by Crippen LogP contribution is 2.23. The highest BCUT2D eigenvalue weighted by Gasteiger charge is 2.48. The second-order valence-electron chi connectivity index (χ2n) is 5.63. The first-order chi connectivity index (χ1) is 11.0. The number of ether oxygens (including phenoxy) is 1. The van der Waals surface area contributed by atoms with E-state index in [0.29, 0.717) is 11.5 Å². The zero-order chi connectivity index (χ0) is 16.4. The number of hydrogen-bond donors (Lipinski definition) is 1. The molecule has 7 nitrogen and oxygen atoms in total. The molecule has 23 heavy (non-hydrogen) atoms. The molecule has 3 rings (SSSR count). The Morgan fingerprint density at radius 3 is 2.74 bits per heavy atom. The van der Waals surface area contributed by atoms with E-state index in [2.05, 4.69) is 10.5 Å². The molecule has 0 spiro atoms.